The number of benzene rings is 2. The lowest BCUT2D eigenvalue weighted by molar-refractivity contribution is 0.709. The summed E-state index contributed by atoms with van der Waals surface area (Å²) in [6.45, 7) is 3.64. The summed E-state index contributed by atoms with van der Waals surface area (Å²) in [7, 11) is 3.84. The van der Waals surface area contributed by atoms with E-state index < -0.39 is 0 Å². The van der Waals surface area contributed by atoms with Crippen LogP contribution in [0.15, 0.2) is 46.6 Å². The van der Waals surface area contributed by atoms with Gasteiger partial charge in [0, 0.05) is 37.9 Å². The van der Waals surface area contributed by atoms with E-state index in [1.54, 1.807) is 6.07 Å². The molecule has 27 heavy (non-hydrogen) atoms. The first-order chi connectivity index (χ1) is 13.0. The quantitative estimate of drug-likeness (QED) is 0.725. The van der Waals surface area contributed by atoms with Crippen LogP contribution in [0.5, 0.6) is 0 Å². The van der Waals surface area contributed by atoms with Gasteiger partial charge in [0.25, 0.3) is 0 Å². The molecule has 0 saturated carbocycles. The maximum Gasteiger partial charge on any atom is 0.114 e. The molecule has 0 amide bonds. The van der Waals surface area contributed by atoms with Crippen molar-refractivity contribution in [3.8, 4) is 6.07 Å². The predicted molar refractivity (Wildman–Crippen MR) is 110 cm³/mol. The Hall–Kier alpha value is -2.82. The van der Waals surface area contributed by atoms with Gasteiger partial charge in [0.05, 0.1) is 23.9 Å². The smallest absolute Gasteiger partial charge is 0.114 e. The van der Waals surface area contributed by atoms with E-state index in [-0.39, 0.29) is 0 Å². The Morgan fingerprint density at radius 1 is 1.15 bits per heavy atom. The minimum atomic E-state index is 0.505. The highest BCUT2D eigenvalue weighted by molar-refractivity contribution is 6.31. The van der Waals surface area contributed by atoms with Gasteiger partial charge >= 0.3 is 0 Å². The zero-order valence-electron chi connectivity index (χ0n) is 15.6. The van der Waals surface area contributed by atoms with E-state index >= 15 is 0 Å². The molecule has 0 fully saturated rings. The first kappa shape index (κ1) is 19.0. The second-order valence-electron chi connectivity index (χ2n) is 6.21. The van der Waals surface area contributed by atoms with Crippen LogP contribution >= 0.6 is 11.6 Å². The van der Waals surface area contributed by atoms with Crippen molar-refractivity contribution in [3.05, 3.63) is 41.4 Å². The topological polar surface area (TPSA) is 70.3 Å². The highest BCUT2D eigenvalue weighted by atomic mass is 35.5. The van der Waals surface area contributed by atoms with Crippen molar-refractivity contribution in [2.24, 2.45) is 10.2 Å². The molecule has 7 nitrogen and oxygen atoms in total. The van der Waals surface area contributed by atoms with Gasteiger partial charge in [0.15, 0.2) is 0 Å². The highest BCUT2D eigenvalue weighted by Crippen LogP contribution is 2.43. The number of hydrogen-bond donors (Lipinski definition) is 1. The highest BCUT2D eigenvalue weighted by Gasteiger charge is 2.24. The van der Waals surface area contributed by atoms with Gasteiger partial charge in [-0.2, -0.15) is 10.4 Å². The molecule has 140 valence electrons. The Morgan fingerprint density at radius 3 is 2.56 bits per heavy atom. The zero-order valence-corrected chi connectivity index (χ0v) is 16.4. The van der Waals surface area contributed by atoms with Gasteiger partial charge in [0.1, 0.15) is 11.4 Å². The van der Waals surface area contributed by atoms with E-state index in [2.05, 4.69) is 33.7 Å². The summed E-state index contributed by atoms with van der Waals surface area (Å²) in [5.41, 5.74) is 7.57. The largest absolute Gasteiger partial charge is 0.371 e. The van der Waals surface area contributed by atoms with E-state index in [1.165, 1.54) is 0 Å². The van der Waals surface area contributed by atoms with Crippen molar-refractivity contribution in [2.45, 2.75) is 13.3 Å². The van der Waals surface area contributed by atoms with Gasteiger partial charge in [-0.05, 0) is 43.3 Å². The van der Waals surface area contributed by atoms with Crippen molar-refractivity contribution >= 4 is 40.0 Å². The van der Waals surface area contributed by atoms with Crippen LogP contribution in [0.2, 0.25) is 5.02 Å². The average Bonchev–Trinajstić information content (AvgIpc) is 2.95. The third-order valence-electron chi connectivity index (χ3n) is 4.39. The Morgan fingerprint density at radius 2 is 1.89 bits per heavy atom. The first-order valence-corrected chi connectivity index (χ1v) is 9.12. The fraction of sp³-hybridized carbons (Fsp3) is 0.316. The Labute approximate surface area is 164 Å². The molecule has 2 aromatic rings. The van der Waals surface area contributed by atoms with Crippen LogP contribution in [0.1, 0.15) is 13.3 Å². The molecule has 0 atom stereocenters. The number of nitrogens with one attached hydrogen (secondary N) is 1. The van der Waals surface area contributed by atoms with Gasteiger partial charge in [-0.15, -0.1) is 10.6 Å². The van der Waals surface area contributed by atoms with Gasteiger partial charge in [-0.25, -0.2) is 0 Å². The minimum absolute atomic E-state index is 0.505. The summed E-state index contributed by atoms with van der Waals surface area (Å²) in [4.78, 5) is 2.16. The molecular formula is C19H22ClN7. The van der Waals surface area contributed by atoms with Gasteiger partial charge in [-0.3, -0.25) is 10.0 Å². The predicted octanol–water partition coefficient (Wildman–Crippen LogP) is 4.80. The molecule has 1 N–H and O–H groups in total. The van der Waals surface area contributed by atoms with Crippen LogP contribution in [-0.4, -0.2) is 27.2 Å². The van der Waals surface area contributed by atoms with E-state index in [4.69, 9.17) is 16.9 Å². The molecule has 0 spiro atoms. The number of azo groups is 1. The van der Waals surface area contributed by atoms with Crippen LogP contribution < -0.4 is 20.5 Å². The van der Waals surface area contributed by atoms with Gasteiger partial charge in [0.2, 0.25) is 0 Å². The maximum absolute atomic E-state index is 8.78. The third kappa shape index (κ3) is 4.13. The molecule has 1 heterocycles. The number of halogens is 1. The molecule has 1 aliphatic heterocycles. The summed E-state index contributed by atoms with van der Waals surface area (Å²) in [5.74, 6) is 0. The molecule has 0 aliphatic carbocycles. The fourth-order valence-electron chi connectivity index (χ4n) is 3.07. The first-order valence-electron chi connectivity index (χ1n) is 8.74. The van der Waals surface area contributed by atoms with Crippen LogP contribution in [0.25, 0.3) is 0 Å². The molecule has 0 bridgehead atoms. The SMILES string of the molecule is CCN(CCC#N)c1ccc(N=Nc2cc(Cl)cc3c2N(C)NN3C)cc1. The fourth-order valence-corrected chi connectivity index (χ4v) is 3.28. The lowest BCUT2D eigenvalue weighted by atomic mass is 10.2. The Kier molecular flexibility index (Phi) is 5.79. The molecule has 2 aromatic carbocycles. The molecule has 0 radical (unpaired) electrons. The maximum atomic E-state index is 8.78. The molecule has 0 unspecified atom stereocenters. The van der Waals surface area contributed by atoms with Crippen LogP contribution in [-0.2, 0) is 0 Å². The monoisotopic (exact) mass is 383 g/mol. The van der Waals surface area contributed by atoms with Crippen LogP contribution in [0.4, 0.5) is 28.4 Å². The minimum Gasteiger partial charge on any atom is -0.371 e. The van der Waals surface area contributed by atoms with E-state index in [0.29, 0.717) is 17.1 Å². The molecule has 1 aliphatic rings. The second kappa shape index (κ2) is 8.25. The summed E-state index contributed by atoms with van der Waals surface area (Å²) in [6.07, 6.45) is 0.505. The van der Waals surface area contributed by atoms with Crippen molar-refractivity contribution in [3.63, 3.8) is 0 Å². The average molecular weight is 384 g/mol. The van der Waals surface area contributed by atoms with Crippen LogP contribution in [0, 0.1) is 11.3 Å². The van der Waals surface area contributed by atoms with Crippen LogP contribution in [0.3, 0.4) is 0 Å². The van der Waals surface area contributed by atoms with Crippen molar-refractivity contribution in [2.75, 3.05) is 42.1 Å². The normalized spacial score (nSPS) is 13.1. The Bertz CT molecular complexity index is 873. The van der Waals surface area contributed by atoms with Gasteiger partial charge < -0.3 is 4.90 Å². The number of hydrazine groups is 2. The summed E-state index contributed by atoms with van der Waals surface area (Å²) in [6, 6.07) is 13.7. The number of rotatable bonds is 6. The van der Waals surface area contributed by atoms with Crippen molar-refractivity contribution < 1.29 is 0 Å². The van der Waals surface area contributed by atoms with E-state index in [0.717, 1.165) is 35.8 Å². The number of fused-ring (bicyclic) bond motifs is 1. The van der Waals surface area contributed by atoms with Crippen molar-refractivity contribution in [1.29, 1.82) is 5.26 Å². The summed E-state index contributed by atoms with van der Waals surface area (Å²) >= 11 is 6.23. The lowest BCUT2D eigenvalue weighted by Gasteiger charge is -2.21. The molecular weight excluding hydrogens is 362 g/mol. The second-order valence-corrected chi connectivity index (χ2v) is 6.65. The number of nitriles is 1. The van der Waals surface area contributed by atoms with E-state index in [9.17, 15) is 0 Å². The Balaban J connectivity index is 1.81. The molecule has 3 rings (SSSR count). The summed E-state index contributed by atoms with van der Waals surface area (Å²) < 4.78 is 0. The number of anilines is 3. The van der Waals surface area contributed by atoms with Crippen molar-refractivity contribution in [1.82, 2.24) is 5.53 Å². The number of hydrogen-bond acceptors (Lipinski definition) is 7. The zero-order chi connectivity index (χ0) is 19.4. The lowest BCUT2D eigenvalue weighted by Crippen LogP contribution is -2.39. The number of nitrogens with zero attached hydrogens (tertiary/aromatic N) is 6. The summed E-state index contributed by atoms with van der Waals surface area (Å²) in [5, 5.41) is 21.9. The van der Waals surface area contributed by atoms with E-state index in [1.807, 2.05) is 54.4 Å². The standard InChI is InChI=1S/C19H22ClN7/c1-4-27(11-5-10-21)16-8-6-15(7-9-16)22-23-17-12-14(20)13-18-19(17)26(3)24-25(18)2/h6-9,12-13,24H,4-5,11H2,1-3H3. The molecule has 0 saturated heterocycles. The molecule has 0 aromatic heterocycles. The third-order valence-corrected chi connectivity index (χ3v) is 4.61. The van der Waals surface area contributed by atoms with Gasteiger partial charge in [-0.1, -0.05) is 11.6 Å². The molecule has 8 heteroatoms.